The van der Waals surface area contributed by atoms with Crippen LogP contribution in [0.5, 0.6) is 5.75 Å². The molecule has 0 aliphatic heterocycles. The van der Waals surface area contributed by atoms with Crippen molar-refractivity contribution in [3.8, 4) is 11.4 Å². The minimum Gasteiger partial charge on any atom is -0.491 e. The Hall–Kier alpha value is -1.88. The first-order valence-electron chi connectivity index (χ1n) is 7.67. The van der Waals surface area contributed by atoms with Crippen molar-refractivity contribution in [3.05, 3.63) is 35.7 Å². The number of nitrogens with two attached hydrogens (primary N) is 1. The highest BCUT2D eigenvalue weighted by molar-refractivity contribution is 5.47. The van der Waals surface area contributed by atoms with Crippen LogP contribution in [0.2, 0.25) is 0 Å². The van der Waals surface area contributed by atoms with Gasteiger partial charge in [-0.15, -0.1) is 5.10 Å². The van der Waals surface area contributed by atoms with Crippen molar-refractivity contribution in [2.24, 2.45) is 5.73 Å². The quantitative estimate of drug-likeness (QED) is 0.811. The fourth-order valence-corrected chi connectivity index (χ4v) is 2.25. The van der Waals surface area contributed by atoms with Crippen molar-refractivity contribution in [1.82, 2.24) is 15.0 Å². The number of ether oxygens (including phenoxy) is 1. The summed E-state index contributed by atoms with van der Waals surface area (Å²) in [5.74, 6) is 0.838. The van der Waals surface area contributed by atoms with E-state index in [1.165, 1.54) is 0 Å². The van der Waals surface area contributed by atoms with Gasteiger partial charge in [-0.1, -0.05) is 37.6 Å². The standard InChI is InChI=1S/C16H24N4O/c1-3-5-8-14-13(12-17)18-19-20(14)15-9-6-7-10-16(15)21-11-4-2/h6-7,9-10H,3-5,8,11-12,17H2,1-2H3. The van der Waals surface area contributed by atoms with Crippen LogP contribution in [0.1, 0.15) is 44.5 Å². The van der Waals surface area contributed by atoms with Gasteiger partial charge < -0.3 is 10.5 Å². The van der Waals surface area contributed by atoms with Gasteiger partial charge in [-0.2, -0.15) is 0 Å². The molecule has 0 fully saturated rings. The molecular weight excluding hydrogens is 264 g/mol. The van der Waals surface area contributed by atoms with Gasteiger partial charge in [0.1, 0.15) is 11.4 Å². The van der Waals surface area contributed by atoms with Crippen LogP contribution < -0.4 is 10.5 Å². The van der Waals surface area contributed by atoms with Crippen LogP contribution >= 0.6 is 0 Å². The lowest BCUT2D eigenvalue weighted by Gasteiger charge is -2.12. The third-order valence-corrected chi connectivity index (χ3v) is 3.36. The number of hydrogen-bond donors (Lipinski definition) is 1. The lowest BCUT2D eigenvalue weighted by Crippen LogP contribution is -2.08. The molecule has 0 aliphatic rings. The summed E-state index contributed by atoms with van der Waals surface area (Å²) in [7, 11) is 0. The first-order valence-corrected chi connectivity index (χ1v) is 7.67. The molecule has 0 saturated carbocycles. The number of hydrogen-bond acceptors (Lipinski definition) is 4. The van der Waals surface area contributed by atoms with E-state index in [9.17, 15) is 0 Å². The van der Waals surface area contributed by atoms with E-state index in [1.807, 2.05) is 28.9 Å². The van der Waals surface area contributed by atoms with Gasteiger partial charge in [0.05, 0.1) is 18.0 Å². The molecule has 0 radical (unpaired) electrons. The molecule has 0 spiro atoms. The molecular formula is C16H24N4O. The molecule has 5 heteroatoms. The van der Waals surface area contributed by atoms with Crippen LogP contribution in [0.15, 0.2) is 24.3 Å². The molecule has 0 bridgehead atoms. The van der Waals surface area contributed by atoms with Crippen LogP contribution in [0, 0.1) is 0 Å². The molecule has 0 aliphatic carbocycles. The second-order valence-corrected chi connectivity index (χ2v) is 5.02. The van der Waals surface area contributed by atoms with Gasteiger partial charge in [-0.25, -0.2) is 4.68 Å². The van der Waals surface area contributed by atoms with Crippen molar-refractivity contribution in [1.29, 1.82) is 0 Å². The monoisotopic (exact) mass is 288 g/mol. The molecule has 5 nitrogen and oxygen atoms in total. The Bertz CT molecular complexity index is 565. The van der Waals surface area contributed by atoms with E-state index in [0.717, 1.165) is 48.5 Å². The molecule has 0 saturated heterocycles. The number of para-hydroxylation sites is 2. The van der Waals surface area contributed by atoms with Crippen molar-refractivity contribution < 1.29 is 4.74 Å². The van der Waals surface area contributed by atoms with Gasteiger partial charge in [-0.3, -0.25) is 0 Å². The fourth-order valence-electron chi connectivity index (χ4n) is 2.25. The van der Waals surface area contributed by atoms with E-state index < -0.39 is 0 Å². The Balaban J connectivity index is 2.39. The average molecular weight is 288 g/mol. The Morgan fingerprint density at radius 3 is 2.71 bits per heavy atom. The largest absolute Gasteiger partial charge is 0.491 e. The van der Waals surface area contributed by atoms with E-state index in [1.54, 1.807) is 0 Å². The smallest absolute Gasteiger partial charge is 0.145 e. The summed E-state index contributed by atoms with van der Waals surface area (Å²) in [4.78, 5) is 0. The molecule has 1 heterocycles. The molecule has 1 aromatic carbocycles. The van der Waals surface area contributed by atoms with E-state index >= 15 is 0 Å². The van der Waals surface area contributed by atoms with Crippen molar-refractivity contribution in [2.45, 2.75) is 46.1 Å². The lowest BCUT2D eigenvalue weighted by molar-refractivity contribution is 0.315. The zero-order valence-electron chi connectivity index (χ0n) is 12.9. The molecule has 0 unspecified atom stereocenters. The molecule has 0 amide bonds. The predicted octanol–water partition coefficient (Wildman–Crippen LogP) is 2.86. The molecule has 1 aromatic heterocycles. The lowest BCUT2D eigenvalue weighted by atomic mass is 10.1. The molecule has 0 atom stereocenters. The summed E-state index contributed by atoms with van der Waals surface area (Å²) < 4.78 is 7.70. The Morgan fingerprint density at radius 2 is 2.00 bits per heavy atom. The average Bonchev–Trinajstić information content (AvgIpc) is 2.93. The van der Waals surface area contributed by atoms with Gasteiger partial charge in [0.2, 0.25) is 0 Å². The first-order chi connectivity index (χ1) is 10.3. The van der Waals surface area contributed by atoms with E-state index in [4.69, 9.17) is 10.5 Å². The van der Waals surface area contributed by atoms with Crippen molar-refractivity contribution >= 4 is 0 Å². The minimum absolute atomic E-state index is 0.414. The fraction of sp³-hybridized carbons (Fsp3) is 0.500. The maximum atomic E-state index is 5.82. The summed E-state index contributed by atoms with van der Waals surface area (Å²) in [6, 6.07) is 7.94. The van der Waals surface area contributed by atoms with Gasteiger partial charge in [-0.05, 0) is 31.4 Å². The maximum absolute atomic E-state index is 5.82. The summed E-state index contributed by atoms with van der Waals surface area (Å²) in [5, 5.41) is 8.50. The second-order valence-electron chi connectivity index (χ2n) is 5.02. The molecule has 2 rings (SSSR count). The Morgan fingerprint density at radius 1 is 1.19 bits per heavy atom. The van der Waals surface area contributed by atoms with E-state index in [2.05, 4.69) is 24.2 Å². The van der Waals surface area contributed by atoms with Crippen LogP contribution in [-0.2, 0) is 13.0 Å². The number of unbranched alkanes of at least 4 members (excludes halogenated alkanes) is 1. The third-order valence-electron chi connectivity index (χ3n) is 3.36. The normalized spacial score (nSPS) is 10.8. The highest BCUT2D eigenvalue weighted by Crippen LogP contribution is 2.25. The topological polar surface area (TPSA) is 66.0 Å². The zero-order valence-corrected chi connectivity index (χ0v) is 12.9. The summed E-state index contributed by atoms with van der Waals surface area (Å²) >= 11 is 0. The molecule has 114 valence electrons. The number of nitrogens with zero attached hydrogens (tertiary/aromatic N) is 3. The summed E-state index contributed by atoms with van der Waals surface area (Å²) in [6.07, 6.45) is 4.13. The van der Waals surface area contributed by atoms with Crippen LogP contribution in [0.3, 0.4) is 0 Å². The van der Waals surface area contributed by atoms with Crippen molar-refractivity contribution in [2.75, 3.05) is 6.61 Å². The van der Waals surface area contributed by atoms with E-state index in [-0.39, 0.29) is 0 Å². The van der Waals surface area contributed by atoms with Gasteiger partial charge in [0.25, 0.3) is 0 Å². The van der Waals surface area contributed by atoms with Crippen LogP contribution in [0.4, 0.5) is 0 Å². The van der Waals surface area contributed by atoms with Gasteiger partial charge in [0, 0.05) is 6.54 Å². The second kappa shape index (κ2) is 7.78. The summed E-state index contributed by atoms with van der Waals surface area (Å²) in [6.45, 7) is 5.38. The van der Waals surface area contributed by atoms with Gasteiger partial charge in [0.15, 0.2) is 0 Å². The maximum Gasteiger partial charge on any atom is 0.145 e. The highest BCUT2D eigenvalue weighted by atomic mass is 16.5. The highest BCUT2D eigenvalue weighted by Gasteiger charge is 2.15. The molecule has 2 aromatic rings. The molecule has 2 N–H and O–H groups in total. The Labute approximate surface area is 126 Å². The SMILES string of the molecule is CCCCc1c(CN)nnn1-c1ccccc1OCCC. The predicted molar refractivity (Wildman–Crippen MR) is 83.6 cm³/mol. The van der Waals surface area contributed by atoms with Crippen molar-refractivity contribution in [3.63, 3.8) is 0 Å². The van der Waals surface area contributed by atoms with E-state index in [0.29, 0.717) is 13.2 Å². The summed E-state index contributed by atoms with van der Waals surface area (Å²) in [5.41, 5.74) is 8.68. The molecule has 21 heavy (non-hydrogen) atoms. The third kappa shape index (κ3) is 3.61. The number of aromatic nitrogens is 3. The zero-order chi connectivity index (χ0) is 15.1. The first kappa shape index (κ1) is 15.5. The number of rotatable bonds is 8. The van der Waals surface area contributed by atoms with Crippen LogP contribution in [-0.4, -0.2) is 21.6 Å². The van der Waals surface area contributed by atoms with Gasteiger partial charge >= 0.3 is 0 Å². The number of benzene rings is 1. The Kier molecular flexibility index (Phi) is 5.75. The minimum atomic E-state index is 0.414. The van der Waals surface area contributed by atoms with Crippen LogP contribution in [0.25, 0.3) is 5.69 Å².